The quantitative estimate of drug-likeness (QED) is 0.903. The average Bonchev–Trinajstić information content (AvgIpc) is 3.02. The molecule has 1 aliphatic carbocycles. The van der Waals surface area contributed by atoms with E-state index in [1.807, 2.05) is 31.3 Å². The second-order valence-electron chi connectivity index (χ2n) is 5.09. The van der Waals surface area contributed by atoms with Crippen molar-refractivity contribution >= 4 is 5.82 Å². The van der Waals surface area contributed by atoms with Crippen LogP contribution in [0.1, 0.15) is 37.4 Å². The van der Waals surface area contributed by atoms with Gasteiger partial charge in [0.05, 0.1) is 5.69 Å². The molecule has 0 spiro atoms. The molecule has 1 heterocycles. The van der Waals surface area contributed by atoms with E-state index in [0.717, 1.165) is 22.9 Å². The van der Waals surface area contributed by atoms with E-state index < -0.39 is 0 Å². The van der Waals surface area contributed by atoms with Crippen LogP contribution in [0, 0.1) is 0 Å². The van der Waals surface area contributed by atoms with Crippen LogP contribution in [0.3, 0.4) is 0 Å². The van der Waals surface area contributed by atoms with Crippen molar-refractivity contribution in [3.63, 3.8) is 0 Å². The first-order valence-corrected chi connectivity index (χ1v) is 6.99. The van der Waals surface area contributed by atoms with E-state index >= 15 is 0 Å². The molecule has 1 aromatic heterocycles. The van der Waals surface area contributed by atoms with E-state index in [4.69, 9.17) is 4.98 Å². The summed E-state index contributed by atoms with van der Waals surface area (Å²) in [7, 11) is 1.91. The Balaban J connectivity index is 2.02. The molecule has 2 aromatic rings. The molecular weight excluding hydrogens is 234 g/mol. The van der Waals surface area contributed by atoms with Gasteiger partial charge in [-0.3, -0.25) is 0 Å². The van der Waals surface area contributed by atoms with Gasteiger partial charge in [-0.15, -0.1) is 0 Å². The third kappa shape index (κ3) is 2.60. The normalized spacial score (nSPS) is 15.6. The zero-order valence-electron chi connectivity index (χ0n) is 11.3. The SMILES string of the molecule is CNc1cc(-c2ccccc2)nc(C2CCCC2)n1. The minimum atomic E-state index is 0.538. The van der Waals surface area contributed by atoms with Crippen LogP contribution in [0.15, 0.2) is 36.4 Å². The van der Waals surface area contributed by atoms with Gasteiger partial charge in [0.2, 0.25) is 0 Å². The molecule has 3 rings (SSSR count). The summed E-state index contributed by atoms with van der Waals surface area (Å²) in [4.78, 5) is 9.42. The van der Waals surface area contributed by atoms with Crippen LogP contribution >= 0.6 is 0 Å². The van der Waals surface area contributed by atoms with Crippen LogP contribution in [0.25, 0.3) is 11.3 Å². The highest BCUT2D eigenvalue weighted by atomic mass is 15.0. The fraction of sp³-hybridized carbons (Fsp3) is 0.375. The molecule has 1 saturated carbocycles. The maximum Gasteiger partial charge on any atom is 0.134 e. The van der Waals surface area contributed by atoms with Crippen LogP contribution in [0.4, 0.5) is 5.82 Å². The zero-order valence-corrected chi connectivity index (χ0v) is 11.3. The molecule has 0 bridgehead atoms. The van der Waals surface area contributed by atoms with Crippen LogP contribution in [0.5, 0.6) is 0 Å². The molecule has 0 aliphatic heterocycles. The Hall–Kier alpha value is -1.90. The molecule has 1 aliphatic rings. The van der Waals surface area contributed by atoms with Crippen molar-refractivity contribution in [2.75, 3.05) is 12.4 Å². The van der Waals surface area contributed by atoms with E-state index in [1.165, 1.54) is 25.7 Å². The van der Waals surface area contributed by atoms with Crippen molar-refractivity contribution in [1.82, 2.24) is 9.97 Å². The van der Waals surface area contributed by atoms with E-state index in [2.05, 4.69) is 22.4 Å². The number of nitrogens with zero attached hydrogens (tertiary/aromatic N) is 2. The van der Waals surface area contributed by atoms with Gasteiger partial charge in [0, 0.05) is 24.6 Å². The Labute approximate surface area is 114 Å². The highest BCUT2D eigenvalue weighted by molar-refractivity contribution is 5.62. The number of hydrogen-bond acceptors (Lipinski definition) is 3. The van der Waals surface area contributed by atoms with Gasteiger partial charge in [0.15, 0.2) is 0 Å². The molecule has 1 fully saturated rings. The number of nitrogens with one attached hydrogen (secondary N) is 1. The minimum absolute atomic E-state index is 0.538. The standard InChI is InChI=1S/C16H19N3/c1-17-15-11-14(12-7-3-2-4-8-12)18-16(19-15)13-9-5-6-10-13/h2-4,7-8,11,13H,5-6,9-10H2,1H3,(H,17,18,19). The van der Waals surface area contributed by atoms with Crippen molar-refractivity contribution < 1.29 is 0 Å². The van der Waals surface area contributed by atoms with E-state index in [1.54, 1.807) is 0 Å². The van der Waals surface area contributed by atoms with Crippen LogP contribution < -0.4 is 5.32 Å². The predicted molar refractivity (Wildman–Crippen MR) is 78.2 cm³/mol. The summed E-state index contributed by atoms with van der Waals surface area (Å²) in [5, 5.41) is 3.15. The molecule has 0 atom stereocenters. The Kier molecular flexibility index (Phi) is 3.45. The topological polar surface area (TPSA) is 37.8 Å². The lowest BCUT2D eigenvalue weighted by molar-refractivity contribution is 0.670. The van der Waals surface area contributed by atoms with Gasteiger partial charge < -0.3 is 5.32 Å². The first-order valence-electron chi connectivity index (χ1n) is 6.99. The van der Waals surface area contributed by atoms with Crippen LogP contribution in [-0.2, 0) is 0 Å². The van der Waals surface area contributed by atoms with Gasteiger partial charge in [-0.2, -0.15) is 0 Å². The Morgan fingerprint density at radius 1 is 1.05 bits per heavy atom. The second kappa shape index (κ2) is 5.39. The lowest BCUT2D eigenvalue weighted by atomic mass is 10.1. The van der Waals surface area contributed by atoms with Gasteiger partial charge in [-0.25, -0.2) is 9.97 Å². The molecule has 98 valence electrons. The first-order chi connectivity index (χ1) is 9.36. The zero-order chi connectivity index (χ0) is 13.1. The third-order valence-electron chi connectivity index (χ3n) is 3.79. The first kappa shape index (κ1) is 12.2. The molecule has 0 amide bonds. The molecule has 0 saturated heterocycles. The monoisotopic (exact) mass is 253 g/mol. The summed E-state index contributed by atoms with van der Waals surface area (Å²) in [6.45, 7) is 0. The molecule has 1 aromatic carbocycles. The van der Waals surface area contributed by atoms with Gasteiger partial charge in [-0.1, -0.05) is 43.2 Å². The molecule has 0 radical (unpaired) electrons. The summed E-state index contributed by atoms with van der Waals surface area (Å²) in [6, 6.07) is 12.3. The maximum absolute atomic E-state index is 4.78. The van der Waals surface area contributed by atoms with Crippen LogP contribution in [0.2, 0.25) is 0 Å². The molecule has 3 heteroatoms. The van der Waals surface area contributed by atoms with Gasteiger partial charge in [0.1, 0.15) is 11.6 Å². The Bertz CT molecular complexity index is 545. The van der Waals surface area contributed by atoms with Gasteiger partial charge in [-0.05, 0) is 12.8 Å². The van der Waals surface area contributed by atoms with E-state index in [9.17, 15) is 0 Å². The van der Waals surface area contributed by atoms with E-state index in [0.29, 0.717) is 5.92 Å². The van der Waals surface area contributed by atoms with Crippen molar-refractivity contribution in [3.8, 4) is 11.3 Å². The summed E-state index contributed by atoms with van der Waals surface area (Å²) in [6.07, 6.45) is 5.06. The molecule has 3 nitrogen and oxygen atoms in total. The summed E-state index contributed by atoms with van der Waals surface area (Å²) >= 11 is 0. The number of benzene rings is 1. The van der Waals surface area contributed by atoms with Crippen LogP contribution in [-0.4, -0.2) is 17.0 Å². The summed E-state index contributed by atoms with van der Waals surface area (Å²) in [5.41, 5.74) is 2.17. The predicted octanol–water partition coefficient (Wildman–Crippen LogP) is 3.84. The van der Waals surface area contributed by atoms with Crippen molar-refractivity contribution in [2.24, 2.45) is 0 Å². The summed E-state index contributed by atoms with van der Waals surface area (Å²) in [5.74, 6) is 2.45. The number of hydrogen-bond donors (Lipinski definition) is 1. The number of aromatic nitrogens is 2. The smallest absolute Gasteiger partial charge is 0.134 e. The molecule has 1 N–H and O–H groups in total. The number of anilines is 1. The van der Waals surface area contributed by atoms with Crippen molar-refractivity contribution in [2.45, 2.75) is 31.6 Å². The van der Waals surface area contributed by atoms with Crippen molar-refractivity contribution in [1.29, 1.82) is 0 Å². The summed E-state index contributed by atoms with van der Waals surface area (Å²) < 4.78 is 0. The number of rotatable bonds is 3. The highest BCUT2D eigenvalue weighted by Gasteiger charge is 2.21. The van der Waals surface area contributed by atoms with Crippen molar-refractivity contribution in [3.05, 3.63) is 42.2 Å². The second-order valence-corrected chi connectivity index (χ2v) is 5.09. The van der Waals surface area contributed by atoms with Gasteiger partial charge in [0.25, 0.3) is 0 Å². The Morgan fingerprint density at radius 2 is 1.79 bits per heavy atom. The highest BCUT2D eigenvalue weighted by Crippen LogP contribution is 2.33. The third-order valence-corrected chi connectivity index (χ3v) is 3.79. The fourth-order valence-corrected chi connectivity index (χ4v) is 2.72. The molecule has 0 unspecified atom stereocenters. The lowest BCUT2D eigenvalue weighted by Gasteiger charge is -2.12. The molecule has 19 heavy (non-hydrogen) atoms. The largest absolute Gasteiger partial charge is 0.373 e. The fourth-order valence-electron chi connectivity index (χ4n) is 2.72. The lowest BCUT2D eigenvalue weighted by Crippen LogP contribution is -2.05. The maximum atomic E-state index is 4.78. The average molecular weight is 253 g/mol. The minimum Gasteiger partial charge on any atom is -0.373 e. The van der Waals surface area contributed by atoms with Gasteiger partial charge >= 0.3 is 0 Å². The van der Waals surface area contributed by atoms with E-state index in [-0.39, 0.29) is 0 Å². The Morgan fingerprint density at radius 3 is 2.47 bits per heavy atom. The molecular formula is C16H19N3.